The van der Waals surface area contributed by atoms with Crippen molar-refractivity contribution in [3.8, 4) is 11.3 Å². The summed E-state index contributed by atoms with van der Waals surface area (Å²) in [6.07, 6.45) is 2.02. The number of ether oxygens (including phenoxy) is 1. The summed E-state index contributed by atoms with van der Waals surface area (Å²) in [6, 6.07) is 20.4. The van der Waals surface area contributed by atoms with Gasteiger partial charge in [0.15, 0.2) is 0 Å². The maximum atomic E-state index is 10.1. The Bertz CT molecular complexity index is 879. The molecule has 0 amide bonds. The molecule has 2 aromatic carbocycles. The third-order valence-corrected chi connectivity index (χ3v) is 5.16. The number of benzene rings is 2. The molecule has 4 nitrogen and oxygen atoms in total. The van der Waals surface area contributed by atoms with Crippen molar-refractivity contribution in [3.05, 3.63) is 66.2 Å². The Hall–Kier alpha value is -2.27. The van der Waals surface area contributed by atoms with Gasteiger partial charge in [-0.15, -0.1) is 0 Å². The van der Waals surface area contributed by atoms with E-state index in [0.717, 1.165) is 47.0 Å². The molecule has 3 N–H and O–H groups in total. The van der Waals surface area contributed by atoms with Crippen LogP contribution in [-0.4, -0.2) is 28.3 Å². The number of rotatable bonds is 4. The number of aliphatic hydroxyl groups excluding tert-OH is 1. The number of para-hydroxylation sites is 1. The quantitative estimate of drug-likeness (QED) is 0.755. The lowest BCUT2D eigenvalue weighted by Crippen LogP contribution is -2.47. The van der Waals surface area contributed by atoms with Gasteiger partial charge < -0.3 is 15.6 Å². The Labute approximate surface area is 153 Å². The van der Waals surface area contributed by atoms with Crippen molar-refractivity contribution in [2.45, 2.75) is 44.1 Å². The van der Waals surface area contributed by atoms with Crippen molar-refractivity contribution in [2.24, 2.45) is 5.73 Å². The summed E-state index contributed by atoms with van der Waals surface area (Å²) in [7, 11) is 0. The lowest BCUT2D eigenvalue weighted by molar-refractivity contribution is -0.0740. The third kappa shape index (κ3) is 3.63. The van der Waals surface area contributed by atoms with Gasteiger partial charge in [-0.1, -0.05) is 48.5 Å². The van der Waals surface area contributed by atoms with E-state index >= 15 is 0 Å². The average molecular weight is 348 g/mol. The number of fused-ring (bicyclic) bond motifs is 1. The second kappa shape index (κ2) is 7.54. The maximum absolute atomic E-state index is 10.1. The number of aliphatic hydroxyl groups is 1. The molecular formula is C22H24N2O2. The number of aromatic nitrogens is 1. The zero-order chi connectivity index (χ0) is 17.9. The van der Waals surface area contributed by atoms with Gasteiger partial charge in [0.05, 0.1) is 30.0 Å². The van der Waals surface area contributed by atoms with Gasteiger partial charge in [-0.25, -0.2) is 4.98 Å². The highest BCUT2D eigenvalue weighted by Crippen LogP contribution is 2.24. The van der Waals surface area contributed by atoms with E-state index in [4.69, 9.17) is 15.5 Å². The van der Waals surface area contributed by atoms with Crippen molar-refractivity contribution in [1.29, 1.82) is 0 Å². The Morgan fingerprint density at radius 3 is 2.65 bits per heavy atom. The van der Waals surface area contributed by atoms with Crippen LogP contribution >= 0.6 is 0 Å². The van der Waals surface area contributed by atoms with Gasteiger partial charge in [0.1, 0.15) is 0 Å². The molecule has 0 bridgehead atoms. The van der Waals surface area contributed by atoms with E-state index in [0.29, 0.717) is 6.61 Å². The van der Waals surface area contributed by atoms with Crippen LogP contribution in [-0.2, 0) is 11.3 Å². The fourth-order valence-corrected chi connectivity index (χ4v) is 3.56. The minimum Gasteiger partial charge on any atom is -0.389 e. The largest absolute Gasteiger partial charge is 0.389 e. The molecule has 0 spiro atoms. The average Bonchev–Trinajstić information content (AvgIpc) is 2.69. The predicted molar refractivity (Wildman–Crippen MR) is 104 cm³/mol. The minimum atomic E-state index is -0.565. The first-order valence-corrected chi connectivity index (χ1v) is 9.21. The summed E-state index contributed by atoms with van der Waals surface area (Å²) in [4.78, 5) is 4.73. The number of hydrogen-bond acceptors (Lipinski definition) is 4. The maximum Gasteiger partial charge on any atom is 0.0952 e. The van der Waals surface area contributed by atoms with Crippen molar-refractivity contribution < 1.29 is 9.84 Å². The molecule has 0 unspecified atom stereocenters. The Morgan fingerprint density at radius 2 is 1.81 bits per heavy atom. The fraction of sp³-hybridized carbons (Fsp3) is 0.318. The van der Waals surface area contributed by atoms with Crippen molar-refractivity contribution in [2.75, 3.05) is 0 Å². The highest BCUT2D eigenvalue weighted by molar-refractivity contribution is 5.81. The van der Waals surface area contributed by atoms with Gasteiger partial charge in [-0.3, -0.25) is 0 Å². The second-order valence-corrected chi connectivity index (χ2v) is 7.02. The van der Waals surface area contributed by atoms with E-state index in [9.17, 15) is 5.11 Å². The first-order valence-electron chi connectivity index (χ1n) is 9.21. The third-order valence-electron chi connectivity index (χ3n) is 5.16. The molecule has 0 saturated heterocycles. The minimum absolute atomic E-state index is 0.166. The van der Waals surface area contributed by atoms with Crippen molar-refractivity contribution >= 4 is 10.9 Å². The molecular weight excluding hydrogens is 324 g/mol. The Morgan fingerprint density at radius 1 is 1.00 bits per heavy atom. The topological polar surface area (TPSA) is 68.4 Å². The molecule has 1 aliphatic carbocycles. The highest BCUT2D eigenvalue weighted by atomic mass is 16.5. The van der Waals surface area contributed by atoms with Crippen LogP contribution in [0.25, 0.3) is 22.2 Å². The number of nitrogens with two attached hydrogens (primary N) is 1. The van der Waals surface area contributed by atoms with Crippen LogP contribution in [0.5, 0.6) is 0 Å². The van der Waals surface area contributed by atoms with Gasteiger partial charge in [-0.2, -0.15) is 0 Å². The van der Waals surface area contributed by atoms with E-state index in [1.807, 2.05) is 24.3 Å². The molecule has 134 valence electrons. The predicted octanol–water partition coefficient (Wildman–Crippen LogP) is 3.66. The fourth-order valence-electron chi connectivity index (χ4n) is 3.56. The molecule has 1 heterocycles. The van der Waals surface area contributed by atoms with Gasteiger partial charge in [0.25, 0.3) is 0 Å². The van der Waals surface area contributed by atoms with Crippen LogP contribution in [0.15, 0.2) is 60.7 Å². The van der Waals surface area contributed by atoms with Gasteiger partial charge in [-0.05, 0) is 37.0 Å². The van der Waals surface area contributed by atoms with Crippen LogP contribution in [0.1, 0.15) is 24.8 Å². The lowest BCUT2D eigenvalue weighted by Gasteiger charge is -2.32. The molecule has 4 rings (SSSR count). The monoisotopic (exact) mass is 348 g/mol. The molecule has 1 aliphatic rings. The number of pyridine rings is 1. The zero-order valence-corrected chi connectivity index (χ0v) is 14.7. The standard InChI is InChI=1S/C22H24N2O2/c23-18-5-3-7-21(22(18)25)26-14-15-8-10-17(11-9-15)20-13-12-16-4-1-2-6-19(16)24-20/h1-2,4,6,8-13,18,21-22,25H,3,5,7,14,23H2/t18-,21-,22+/m0/s1. The van der Waals surface area contributed by atoms with Crippen molar-refractivity contribution in [1.82, 2.24) is 4.98 Å². The number of hydrogen-bond donors (Lipinski definition) is 2. The summed E-state index contributed by atoms with van der Waals surface area (Å²) in [5.74, 6) is 0. The summed E-state index contributed by atoms with van der Waals surface area (Å²) >= 11 is 0. The first-order chi connectivity index (χ1) is 12.7. The van der Waals surface area contributed by atoms with Crippen LogP contribution in [0.4, 0.5) is 0 Å². The summed E-state index contributed by atoms with van der Waals surface area (Å²) in [5, 5.41) is 11.3. The molecule has 26 heavy (non-hydrogen) atoms. The molecule has 0 radical (unpaired) electrons. The van der Waals surface area contributed by atoms with E-state index < -0.39 is 6.10 Å². The van der Waals surface area contributed by atoms with E-state index in [-0.39, 0.29) is 12.1 Å². The normalized spacial score (nSPS) is 23.2. The van der Waals surface area contributed by atoms with Crippen LogP contribution in [0.2, 0.25) is 0 Å². The summed E-state index contributed by atoms with van der Waals surface area (Å²) in [5.41, 5.74) is 10.1. The second-order valence-electron chi connectivity index (χ2n) is 7.02. The smallest absolute Gasteiger partial charge is 0.0952 e. The first kappa shape index (κ1) is 17.2. The van der Waals surface area contributed by atoms with E-state index in [1.165, 1.54) is 0 Å². The molecule has 3 aromatic rings. The van der Waals surface area contributed by atoms with Gasteiger partial charge >= 0.3 is 0 Å². The van der Waals surface area contributed by atoms with Gasteiger partial charge in [0.2, 0.25) is 0 Å². The molecule has 3 atom stereocenters. The molecule has 1 saturated carbocycles. The zero-order valence-electron chi connectivity index (χ0n) is 14.7. The molecule has 0 aliphatic heterocycles. The van der Waals surface area contributed by atoms with Crippen LogP contribution < -0.4 is 5.73 Å². The van der Waals surface area contributed by atoms with E-state index in [1.54, 1.807) is 0 Å². The summed E-state index contributed by atoms with van der Waals surface area (Å²) < 4.78 is 5.91. The van der Waals surface area contributed by atoms with Crippen molar-refractivity contribution in [3.63, 3.8) is 0 Å². The van der Waals surface area contributed by atoms with E-state index in [2.05, 4.69) is 36.4 Å². The molecule has 1 aromatic heterocycles. The van der Waals surface area contributed by atoms with Crippen LogP contribution in [0.3, 0.4) is 0 Å². The highest BCUT2D eigenvalue weighted by Gasteiger charge is 2.29. The lowest BCUT2D eigenvalue weighted by atomic mass is 9.90. The summed E-state index contributed by atoms with van der Waals surface area (Å²) in [6.45, 7) is 0.486. The number of nitrogens with zero attached hydrogens (tertiary/aromatic N) is 1. The molecule has 1 fully saturated rings. The molecule has 4 heteroatoms. The Balaban J connectivity index is 1.44. The van der Waals surface area contributed by atoms with Crippen LogP contribution in [0, 0.1) is 0 Å². The Kier molecular flexibility index (Phi) is 4.98. The SMILES string of the molecule is N[C@H]1CCC[C@H](OCc2ccc(-c3ccc4ccccc4n3)cc2)[C@@H]1O. The van der Waals surface area contributed by atoms with Gasteiger partial charge in [0, 0.05) is 17.0 Å².